The van der Waals surface area contributed by atoms with Gasteiger partial charge in [0.2, 0.25) is 11.8 Å². The van der Waals surface area contributed by atoms with Crippen LogP contribution in [0.1, 0.15) is 23.2 Å². The summed E-state index contributed by atoms with van der Waals surface area (Å²) < 4.78 is 0. The van der Waals surface area contributed by atoms with Gasteiger partial charge in [0.25, 0.3) is 5.91 Å². The van der Waals surface area contributed by atoms with Gasteiger partial charge in [0, 0.05) is 5.56 Å². The van der Waals surface area contributed by atoms with Crippen LogP contribution in [0.3, 0.4) is 0 Å². The van der Waals surface area contributed by atoms with Crippen molar-refractivity contribution in [1.29, 1.82) is 0 Å². The Labute approximate surface area is 166 Å². The number of hydrazine groups is 1. The maximum Gasteiger partial charge on any atom is 0.255 e. The molecule has 1 aromatic carbocycles. The predicted octanol–water partition coefficient (Wildman–Crippen LogP) is 2.95. The van der Waals surface area contributed by atoms with Crippen LogP contribution in [0, 0.1) is 11.8 Å². The zero-order valence-corrected chi connectivity index (χ0v) is 15.5. The van der Waals surface area contributed by atoms with Gasteiger partial charge in [-0.05, 0) is 43.2 Å². The molecule has 0 bridgehead atoms. The minimum absolute atomic E-state index is 0.173. The predicted molar refractivity (Wildman–Crippen MR) is 105 cm³/mol. The van der Waals surface area contributed by atoms with Crippen molar-refractivity contribution in [2.75, 3.05) is 10.3 Å². The number of halogens is 1. The summed E-state index contributed by atoms with van der Waals surface area (Å²) in [6.07, 6.45) is 6.42. The Balaban J connectivity index is 1.55. The molecule has 3 amide bonds. The Morgan fingerprint density at radius 1 is 1.14 bits per heavy atom. The van der Waals surface area contributed by atoms with Gasteiger partial charge in [-0.1, -0.05) is 29.8 Å². The number of nitrogens with one attached hydrogen (secondary N) is 2. The molecule has 2 N–H and O–H groups in total. The standard InChI is InChI=1S/C20H17ClN4O3/c21-17-9-8-13(11-22-17)23-18(26)12-4-3-5-14(10-12)25-20(28)16-7-2-1-6-15(16)19(27)24-25/h1-5,8-11,15-16H,6-7H2,(H,23,26)(H,24,27). The molecule has 0 spiro atoms. The van der Waals surface area contributed by atoms with Crippen LogP contribution in [0.4, 0.5) is 11.4 Å². The molecule has 0 radical (unpaired) electrons. The number of pyridine rings is 1. The number of hydrogen-bond donors (Lipinski definition) is 2. The van der Waals surface area contributed by atoms with Crippen molar-refractivity contribution in [2.45, 2.75) is 12.8 Å². The Bertz CT molecular complexity index is 974. The average Bonchev–Trinajstić information content (AvgIpc) is 2.72. The van der Waals surface area contributed by atoms with E-state index in [0.29, 0.717) is 34.9 Å². The minimum Gasteiger partial charge on any atom is -0.321 e. The van der Waals surface area contributed by atoms with Crippen molar-refractivity contribution in [3.05, 3.63) is 65.5 Å². The first-order chi connectivity index (χ1) is 13.5. The van der Waals surface area contributed by atoms with Crippen molar-refractivity contribution in [3.8, 4) is 0 Å². The van der Waals surface area contributed by atoms with Gasteiger partial charge in [-0.25, -0.2) is 9.99 Å². The number of nitrogens with zero attached hydrogens (tertiary/aromatic N) is 2. The van der Waals surface area contributed by atoms with Gasteiger partial charge in [0.1, 0.15) is 5.15 Å². The summed E-state index contributed by atoms with van der Waals surface area (Å²) in [6, 6.07) is 9.75. The first-order valence-electron chi connectivity index (χ1n) is 8.85. The van der Waals surface area contributed by atoms with Crippen LogP contribution in [-0.2, 0) is 9.59 Å². The highest BCUT2D eigenvalue weighted by Gasteiger charge is 2.42. The van der Waals surface area contributed by atoms with E-state index in [2.05, 4.69) is 15.7 Å². The number of rotatable bonds is 3. The van der Waals surface area contributed by atoms with Gasteiger partial charge >= 0.3 is 0 Å². The summed E-state index contributed by atoms with van der Waals surface area (Å²) >= 11 is 5.75. The SMILES string of the molecule is O=C(Nc1ccc(Cl)nc1)c1cccc(N2NC(=O)C3CC=CCC3C2=O)c1. The lowest BCUT2D eigenvalue weighted by molar-refractivity contribution is -0.139. The number of allylic oxidation sites excluding steroid dienone is 2. The minimum atomic E-state index is -0.378. The van der Waals surface area contributed by atoms with E-state index in [1.54, 1.807) is 36.4 Å². The number of fused-ring (bicyclic) bond motifs is 1. The maximum atomic E-state index is 12.9. The summed E-state index contributed by atoms with van der Waals surface area (Å²) in [7, 11) is 0. The van der Waals surface area contributed by atoms with E-state index in [0.717, 1.165) is 0 Å². The van der Waals surface area contributed by atoms with E-state index < -0.39 is 0 Å². The molecule has 7 nitrogen and oxygen atoms in total. The summed E-state index contributed by atoms with van der Waals surface area (Å²) in [5.41, 5.74) is 3.94. The second kappa shape index (κ2) is 7.44. The summed E-state index contributed by atoms with van der Waals surface area (Å²) in [5, 5.41) is 4.29. The average molecular weight is 397 g/mol. The highest BCUT2D eigenvalue weighted by atomic mass is 35.5. The molecule has 1 aliphatic carbocycles. The van der Waals surface area contributed by atoms with E-state index in [-0.39, 0.29) is 29.6 Å². The molecule has 28 heavy (non-hydrogen) atoms. The molecule has 142 valence electrons. The first-order valence-corrected chi connectivity index (χ1v) is 9.23. The van der Waals surface area contributed by atoms with Crippen LogP contribution in [0.25, 0.3) is 0 Å². The van der Waals surface area contributed by atoms with Gasteiger partial charge in [-0.15, -0.1) is 0 Å². The quantitative estimate of drug-likeness (QED) is 0.616. The topological polar surface area (TPSA) is 91.4 Å². The molecule has 1 fully saturated rings. The highest BCUT2D eigenvalue weighted by Crippen LogP contribution is 2.32. The number of hydrogen-bond acceptors (Lipinski definition) is 4. The third kappa shape index (κ3) is 3.48. The molecular formula is C20H17ClN4O3. The number of benzene rings is 1. The summed E-state index contributed by atoms with van der Waals surface area (Å²) in [6.45, 7) is 0. The molecule has 2 aromatic rings. The normalized spacial score (nSPS) is 21.1. The van der Waals surface area contributed by atoms with Crippen molar-refractivity contribution < 1.29 is 14.4 Å². The fourth-order valence-corrected chi connectivity index (χ4v) is 3.53. The van der Waals surface area contributed by atoms with Gasteiger partial charge < -0.3 is 5.32 Å². The van der Waals surface area contributed by atoms with E-state index in [9.17, 15) is 14.4 Å². The van der Waals surface area contributed by atoms with Crippen molar-refractivity contribution in [1.82, 2.24) is 10.4 Å². The number of carbonyl (C=O) groups is 3. The van der Waals surface area contributed by atoms with Crippen LogP contribution in [0.2, 0.25) is 5.15 Å². The molecule has 0 saturated carbocycles. The summed E-state index contributed by atoms with van der Waals surface area (Å²) in [5.74, 6) is -1.43. The van der Waals surface area contributed by atoms with Crippen molar-refractivity contribution in [3.63, 3.8) is 0 Å². The molecule has 2 atom stereocenters. The van der Waals surface area contributed by atoms with E-state index >= 15 is 0 Å². The number of carbonyl (C=O) groups excluding carboxylic acids is 3. The highest BCUT2D eigenvalue weighted by molar-refractivity contribution is 6.29. The van der Waals surface area contributed by atoms with E-state index in [1.807, 2.05) is 12.2 Å². The molecule has 2 aliphatic rings. The lowest BCUT2D eigenvalue weighted by Crippen LogP contribution is -2.59. The van der Waals surface area contributed by atoms with Crippen LogP contribution in [0.5, 0.6) is 0 Å². The smallest absolute Gasteiger partial charge is 0.255 e. The van der Waals surface area contributed by atoms with Gasteiger partial charge in [-0.2, -0.15) is 0 Å². The Hall–Kier alpha value is -3.19. The van der Waals surface area contributed by atoms with Crippen molar-refractivity contribution >= 4 is 40.7 Å². The Morgan fingerprint density at radius 2 is 1.93 bits per heavy atom. The molecule has 1 aliphatic heterocycles. The van der Waals surface area contributed by atoms with Gasteiger partial charge in [0.05, 0.1) is 29.4 Å². The van der Waals surface area contributed by atoms with Crippen molar-refractivity contribution in [2.24, 2.45) is 11.8 Å². The zero-order chi connectivity index (χ0) is 19.7. The zero-order valence-electron chi connectivity index (χ0n) is 14.8. The fourth-order valence-electron chi connectivity index (χ4n) is 3.42. The molecule has 1 saturated heterocycles. The maximum absolute atomic E-state index is 12.9. The third-order valence-corrected chi connectivity index (χ3v) is 5.10. The Kier molecular flexibility index (Phi) is 4.83. The Morgan fingerprint density at radius 3 is 2.68 bits per heavy atom. The van der Waals surface area contributed by atoms with E-state index in [1.165, 1.54) is 11.2 Å². The molecule has 2 heterocycles. The van der Waals surface area contributed by atoms with Crippen LogP contribution in [0.15, 0.2) is 54.7 Å². The first kappa shape index (κ1) is 18.2. The second-order valence-corrected chi connectivity index (χ2v) is 7.07. The summed E-state index contributed by atoms with van der Waals surface area (Å²) in [4.78, 5) is 41.7. The molecular weight excluding hydrogens is 380 g/mol. The lowest BCUT2D eigenvalue weighted by Gasteiger charge is -2.38. The molecule has 4 rings (SSSR count). The number of aromatic nitrogens is 1. The van der Waals surface area contributed by atoms with E-state index in [4.69, 9.17) is 11.6 Å². The molecule has 8 heteroatoms. The lowest BCUT2D eigenvalue weighted by atomic mass is 9.80. The second-order valence-electron chi connectivity index (χ2n) is 6.68. The van der Waals surface area contributed by atoms with Crippen LogP contribution >= 0.6 is 11.6 Å². The van der Waals surface area contributed by atoms with Gasteiger partial charge in [-0.3, -0.25) is 19.8 Å². The van der Waals surface area contributed by atoms with Gasteiger partial charge in [0.15, 0.2) is 0 Å². The molecule has 2 unspecified atom stereocenters. The van der Waals surface area contributed by atoms with Crippen LogP contribution in [-0.4, -0.2) is 22.7 Å². The third-order valence-electron chi connectivity index (χ3n) is 4.88. The largest absolute Gasteiger partial charge is 0.321 e. The fraction of sp³-hybridized carbons (Fsp3) is 0.200. The molecule has 1 aromatic heterocycles. The van der Waals surface area contributed by atoms with Crippen LogP contribution < -0.4 is 15.8 Å². The number of anilines is 2. The monoisotopic (exact) mass is 396 g/mol. The number of amides is 3.